The van der Waals surface area contributed by atoms with E-state index < -0.39 is 0 Å². The fourth-order valence-corrected chi connectivity index (χ4v) is 4.46. The fraction of sp³-hybridized carbons (Fsp3) is 0.435. The minimum atomic E-state index is -0.342. The molecule has 0 aliphatic carbocycles. The van der Waals surface area contributed by atoms with E-state index in [1.807, 2.05) is 18.2 Å². The first-order valence-electron chi connectivity index (χ1n) is 11.2. The number of hydrogen-bond donors (Lipinski definition) is 1. The quantitative estimate of drug-likeness (QED) is 0.614. The first-order chi connectivity index (χ1) is 15.7. The van der Waals surface area contributed by atoms with Crippen LogP contribution in [0, 0.1) is 5.92 Å². The highest BCUT2D eigenvalue weighted by Gasteiger charge is 2.34. The SMILES string of the molecule is O=C(Nc1cnn(Cc2nnc3n2CCCC3)c1)[C@H]1CC(=O)N(CCc2ccccc2)C1. The fourth-order valence-electron chi connectivity index (χ4n) is 4.46. The maximum Gasteiger partial charge on any atom is 0.229 e. The van der Waals surface area contributed by atoms with Gasteiger partial charge in [0.05, 0.1) is 17.8 Å². The highest BCUT2D eigenvalue weighted by Crippen LogP contribution is 2.21. The lowest BCUT2D eigenvalue weighted by Gasteiger charge is -2.16. The van der Waals surface area contributed by atoms with Crippen LogP contribution in [0.4, 0.5) is 5.69 Å². The largest absolute Gasteiger partial charge is 0.342 e. The summed E-state index contributed by atoms with van der Waals surface area (Å²) >= 11 is 0. The Kier molecular flexibility index (Phi) is 5.70. The molecule has 1 saturated heterocycles. The number of benzene rings is 1. The van der Waals surface area contributed by atoms with Gasteiger partial charge in [0.25, 0.3) is 0 Å². The van der Waals surface area contributed by atoms with Crippen molar-refractivity contribution in [2.75, 3.05) is 18.4 Å². The Morgan fingerprint density at radius 3 is 2.91 bits per heavy atom. The van der Waals surface area contributed by atoms with Crippen LogP contribution >= 0.6 is 0 Å². The van der Waals surface area contributed by atoms with E-state index in [0.717, 1.165) is 43.9 Å². The molecule has 2 aliphatic heterocycles. The third kappa shape index (κ3) is 4.42. The molecule has 2 aromatic heterocycles. The number of nitrogens with zero attached hydrogens (tertiary/aromatic N) is 6. The first-order valence-corrected chi connectivity index (χ1v) is 11.2. The van der Waals surface area contributed by atoms with E-state index in [-0.39, 0.29) is 24.2 Å². The molecule has 0 saturated carbocycles. The number of aryl methyl sites for hydroxylation is 1. The van der Waals surface area contributed by atoms with Crippen molar-refractivity contribution in [3.63, 3.8) is 0 Å². The molecule has 5 rings (SSSR count). The highest BCUT2D eigenvalue weighted by molar-refractivity contribution is 5.97. The van der Waals surface area contributed by atoms with Gasteiger partial charge in [0.15, 0.2) is 5.82 Å². The number of hydrogen-bond acceptors (Lipinski definition) is 5. The van der Waals surface area contributed by atoms with Gasteiger partial charge in [-0.05, 0) is 24.8 Å². The summed E-state index contributed by atoms with van der Waals surface area (Å²) in [4.78, 5) is 26.9. The molecule has 1 aromatic carbocycles. The van der Waals surface area contributed by atoms with E-state index in [0.29, 0.717) is 25.3 Å². The third-order valence-corrected chi connectivity index (χ3v) is 6.24. The molecule has 32 heavy (non-hydrogen) atoms. The van der Waals surface area contributed by atoms with Crippen LogP contribution < -0.4 is 5.32 Å². The smallest absolute Gasteiger partial charge is 0.229 e. The normalized spacial score (nSPS) is 18.1. The highest BCUT2D eigenvalue weighted by atomic mass is 16.2. The van der Waals surface area contributed by atoms with Crippen LogP contribution in [-0.4, -0.2) is 54.3 Å². The number of carbonyl (C=O) groups is 2. The topological polar surface area (TPSA) is 97.9 Å². The Morgan fingerprint density at radius 1 is 1.16 bits per heavy atom. The molecular formula is C23H27N7O2. The molecule has 1 N–H and O–H groups in total. The van der Waals surface area contributed by atoms with Crippen LogP contribution in [0.3, 0.4) is 0 Å². The molecule has 2 aliphatic rings. The molecule has 4 heterocycles. The Morgan fingerprint density at radius 2 is 2.03 bits per heavy atom. The van der Waals surface area contributed by atoms with Gasteiger partial charge in [0.2, 0.25) is 11.8 Å². The second-order valence-electron chi connectivity index (χ2n) is 8.53. The second kappa shape index (κ2) is 8.94. The number of carbonyl (C=O) groups excluding carboxylic acids is 2. The van der Waals surface area contributed by atoms with Crippen molar-refractivity contribution >= 4 is 17.5 Å². The van der Waals surface area contributed by atoms with Crippen molar-refractivity contribution in [2.45, 2.75) is 45.2 Å². The third-order valence-electron chi connectivity index (χ3n) is 6.24. The number of rotatable bonds is 7. The molecule has 0 radical (unpaired) electrons. The van der Waals surface area contributed by atoms with Gasteiger partial charge >= 0.3 is 0 Å². The zero-order valence-electron chi connectivity index (χ0n) is 18.0. The minimum Gasteiger partial charge on any atom is -0.342 e. The summed E-state index contributed by atoms with van der Waals surface area (Å²) in [6, 6.07) is 10.1. The Balaban J connectivity index is 1.15. The standard InChI is InChI=1S/C23H27N7O2/c31-22-12-18(14-28(22)11-9-17-6-2-1-3-7-17)23(32)25-19-13-24-29(15-19)16-21-27-26-20-8-4-5-10-30(20)21/h1-3,6-7,13,15,18H,4-5,8-12,14,16H2,(H,25,32)/t18-/m0/s1. The lowest BCUT2D eigenvalue weighted by molar-refractivity contribution is -0.128. The molecule has 9 nitrogen and oxygen atoms in total. The Bertz CT molecular complexity index is 1100. The van der Waals surface area contributed by atoms with Crippen molar-refractivity contribution in [2.24, 2.45) is 5.92 Å². The predicted octanol–water partition coefficient (Wildman–Crippen LogP) is 1.89. The monoisotopic (exact) mass is 433 g/mol. The maximum atomic E-state index is 12.7. The van der Waals surface area contributed by atoms with E-state index in [1.165, 1.54) is 5.56 Å². The van der Waals surface area contributed by atoms with Crippen LogP contribution in [-0.2, 0) is 35.5 Å². The van der Waals surface area contributed by atoms with Crippen molar-refractivity contribution < 1.29 is 9.59 Å². The predicted molar refractivity (Wildman–Crippen MR) is 118 cm³/mol. The molecule has 0 spiro atoms. The summed E-state index contributed by atoms with van der Waals surface area (Å²) in [6.45, 7) is 2.54. The van der Waals surface area contributed by atoms with E-state index in [4.69, 9.17) is 0 Å². The van der Waals surface area contributed by atoms with E-state index in [2.05, 4.69) is 37.3 Å². The molecule has 1 fully saturated rings. The number of anilines is 1. The van der Waals surface area contributed by atoms with Crippen LogP contribution in [0.15, 0.2) is 42.7 Å². The van der Waals surface area contributed by atoms with E-state index in [1.54, 1.807) is 22.0 Å². The number of aromatic nitrogens is 5. The van der Waals surface area contributed by atoms with Gasteiger partial charge in [-0.1, -0.05) is 30.3 Å². The summed E-state index contributed by atoms with van der Waals surface area (Å²) in [5, 5.41) is 15.9. The van der Waals surface area contributed by atoms with E-state index >= 15 is 0 Å². The molecule has 2 amide bonds. The van der Waals surface area contributed by atoms with Gasteiger partial charge in [-0.2, -0.15) is 5.10 Å². The Hall–Kier alpha value is -3.49. The lowest BCUT2D eigenvalue weighted by Crippen LogP contribution is -2.29. The first kappa shape index (κ1) is 20.4. The second-order valence-corrected chi connectivity index (χ2v) is 8.53. The lowest BCUT2D eigenvalue weighted by atomic mass is 10.1. The molecule has 9 heteroatoms. The average molecular weight is 434 g/mol. The summed E-state index contributed by atoms with van der Waals surface area (Å²) in [7, 11) is 0. The van der Waals surface area contributed by atoms with Crippen molar-refractivity contribution in [3.8, 4) is 0 Å². The number of fused-ring (bicyclic) bond motifs is 1. The van der Waals surface area contributed by atoms with Gasteiger partial charge in [0.1, 0.15) is 12.4 Å². The van der Waals surface area contributed by atoms with Crippen LogP contribution in [0.25, 0.3) is 0 Å². The molecule has 1 atom stereocenters. The number of nitrogens with one attached hydrogen (secondary N) is 1. The van der Waals surface area contributed by atoms with Crippen LogP contribution in [0.5, 0.6) is 0 Å². The van der Waals surface area contributed by atoms with Crippen LogP contribution in [0.2, 0.25) is 0 Å². The zero-order valence-corrected chi connectivity index (χ0v) is 18.0. The molecule has 0 bridgehead atoms. The van der Waals surface area contributed by atoms with Gasteiger partial charge in [-0.3, -0.25) is 14.3 Å². The van der Waals surface area contributed by atoms with E-state index in [9.17, 15) is 9.59 Å². The summed E-state index contributed by atoms with van der Waals surface area (Å²) < 4.78 is 3.92. The number of likely N-dealkylation sites (tertiary alicyclic amines) is 1. The van der Waals surface area contributed by atoms with Gasteiger partial charge in [-0.15, -0.1) is 10.2 Å². The van der Waals surface area contributed by atoms with Crippen LogP contribution in [0.1, 0.15) is 36.5 Å². The van der Waals surface area contributed by atoms with Gasteiger partial charge in [0, 0.05) is 38.7 Å². The van der Waals surface area contributed by atoms with Crippen molar-refractivity contribution in [1.29, 1.82) is 0 Å². The van der Waals surface area contributed by atoms with Gasteiger partial charge < -0.3 is 14.8 Å². The summed E-state index contributed by atoms with van der Waals surface area (Å²) in [6.07, 6.45) is 7.74. The molecule has 0 unspecified atom stereocenters. The number of amides is 2. The van der Waals surface area contributed by atoms with Crippen molar-refractivity contribution in [3.05, 3.63) is 59.9 Å². The Labute approximate surface area is 186 Å². The van der Waals surface area contributed by atoms with Gasteiger partial charge in [-0.25, -0.2) is 0 Å². The minimum absolute atomic E-state index is 0.0355. The average Bonchev–Trinajstić information content (AvgIpc) is 3.53. The molecule has 3 aromatic rings. The maximum absolute atomic E-state index is 12.7. The zero-order chi connectivity index (χ0) is 21.9. The molecule has 166 valence electrons. The molecular weight excluding hydrogens is 406 g/mol. The summed E-state index contributed by atoms with van der Waals surface area (Å²) in [5.41, 5.74) is 1.82. The summed E-state index contributed by atoms with van der Waals surface area (Å²) in [5.74, 6) is 1.48. The van der Waals surface area contributed by atoms with Crippen molar-refractivity contribution in [1.82, 2.24) is 29.4 Å².